The van der Waals surface area contributed by atoms with Gasteiger partial charge in [-0.3, -0.25) is 0 Å². The van der Waals surface area contributed by atoms with Crippen molar-refractivity contribution in [1.82, 2.24) is 0 Å². The van der Waals surface area contributed by atoms with Gasteiger partial charge in [-0.05, 0) is 36.8 Å². The van der Waals surface area contributed by atoms with Gasteiger partial charge in [-0.2, -0.15) is 0 Å². The Morgan fingerprint density at radius 3 is 2.65 bits per heavy atom. The van der Waals surface area contributed by atoms with Crippen LogP contribution in [0.3, 0.4) is 0 Å². The summed E-state index contributed by atoms with van der Waals surface area (Å²) in [6.07, 6.45) is -0.733. The Morgan fingerprint density at radius 2 is 2.06 bits per heavy atom. The van der Waals surface area contributed by atoms with Crippen molar-refractivity contribution in [2.24, 2.45) is 0 Å². The summed E-state index contributed by atoms with van der Waals surface area (Å²) in [6, 6.07) is 8.22. The second kappa shape index (κ2) is 4.85. The molecule has 1 unspecified atom stereocenters. The summed E-state index contributed by atoms with van der Waals surface area (Å²) in [7, 11) is 1.41. The molecule has 17 heavy (non-hydrogen) atoms. The normalized spacial score (nSPS) is 12.5. The van der Waals surface area contributed by atoms with E-state index in [1.807, 2.05) is 19.1 Å². The minimum atomic E-state index is -0.733. The van der Waals surface area contributed by atoms with Crippen LogP contribution in [-0.2, 0) is 0 Å². The summed E-state index contributed by atoms with van der Waals surface area (Å²) in [6.45, 7) is 1.98. The summed E-state index contributed by atoms with van der Waals surface area (Å²) in [4.78, 5) is 1.98. The quantitative estimate of drug-likeness (QED) is 0.908. The first kappa shape index (κ1) is 12.1. The zero-order valence-corrected chi connectivity index (χ0v) is 10.4. The summed E-state index contributed by atoms with van der Waals surface area (Å²) in [5.74, 6) is -0.277. The average molecular weight is 252 g/mol. The third-order valence-electron chi connectivity index (χ3n) is 2.52. The number of aliphatic hydroxyl groups excluding tert-OH is 1. The van der Waals surface area contributed by atoms with Crippen molar-refractivity contribution in [3.05, 3.63) is 51.5 Å². The molecule has 1 aromatic carbocycles. The maximum Gasteiger partial charge on any atom is 0.165 e. The molecule has 1 heterocycles. The van der Waals surface area contributed by atoms with Crippen molar-refractivity contribution in [1.29, 1.82) is 0 Å². The lowest BCUT2D eigenvalue weighted by molar-refractivity contribution is 0.223. The topological polar surface area (TPSA) is 29.5 Å². The summed E-state index contributed by atoms with van der Waals surface area (Å²) < 4.78 is 18.1. The van der Waals surface area contributed by atoms with Gasteiger partial charge >= 0.3 is 0 Å². The van der Waals surface area contributed by atoms with Gasteiger partial charge in [0.15, 0.2) is 11.6 Å². The van der Waals surface area contributed by atoms with Gasteiger partial charge in [0, 0.05) is 9.75 Å². The van der Waals surface area contributed by atoms with E-state index in [1.165, 1.54) is 30.6 Å². The van der Waals surface area contributed by atoms with Crippen LogP contribution >= 0.6 is 11.3 Å². The lowest BCUT2D eigenvalue weighted by Gasteiger charge is -2.10. The molecule has 90 valence electrons. The minimum Gasteiger partial charge on any atom is -0.494 e. The smallest absolute Gasteiger partial charge is 0.165 e. The monoisotopic (exact) mass is 252 g/mol. The van der Waals surface area contributed by atoms with E-state index in [9.17, 15) is 9.50 Å². The molecular weight excluding hydrogens is 239 g/mol. The highest BCUT2D eigenvalue weighted by Gasteiger charge is 2.14. The molecular formula is C13H13FO2S. The second-order valence-electron chi connectivity index (χ2n) is 3.74. The molecule has 0 fully saturated rings. The van der Waals surface area contributed by atoms with Crippen LogP contribution in [0.4, 0.5) is 4.39 Å². The lowest BCUT2D eigenvalue weighted by atomic mass is 10.1. The Hall–Kier alpha value is -1.39. The van der Waals surface area contributed by atoms with E-state index in [0.29, 0.717) is 5.56 Å². The van der Waals surface area contributed by atoms with Crippen molar-refractivity contribution < 1.29 is 14.2 Å². The summed E-state index contributed by atoms with van der Waals surface area (Å²) >= 11 is 1.52. The van der Waals surface area contributed by atoms with E-state index in [2.05, 4.69) is 0 Å². The van der Waals surface area contributed by atoms with Gasteiger partial charge in [-0.1, -0.05) is 6.07 Å². The molecule has 0 aliphatic carbocycles. The predicted octanol–water partition coefficient (Wildman–Crippen LogP) is 3.29. The first-order chi connectivity index (χ1) is 8.11. The molecule has 0 saturated carbocycles. The fourth-order valence-corrected chi connectivity index (χ4v) is 2.50. The van der Waals surface area contributed by atoms with Crippen LogP contribution in [0.2, 0.25) is 0 Å². The number of ether oxygens (including phenoxy) is 1. The number of thiophene rings is 1. The van der Waals surface area contributed by atoms with Crippen molar-refractivity contribution in [2.45, 2.75) is 13.0 Å². The maximum absolute atomic E-state index is 13.2. The van der Waals surface area contributed by atoms with Crippen LogP contribution in [0, 0.1) is 12.7 Å². The third-order valence-corrected chi connectivity index (χ3v) is 3.57. The largest absolute Gasteiger partial charge is 0.494 e. The van der Waals surface area contributed by atoms with Gasteiger partial charge in [-0.25, -0.2) is 4.39 Å². The van der Waals surface area contributed by atoms with Gasteiger partial charge < -0.3 is 9.84 Å². The Morgan fingerprint density at radius 1 is 1.29 bits per heavy atom. The minimum absolute atomic E-state index is 0.148. The van der Waals surface area contributed by atoms with E-state index in [4.69, 9.17) is 4.74 Å². The van der Waals surface area contributed by atoms with Gasteiger partial charge in [0.25, 0.3) is 0 Å². The van der Waals surface area contributed by atoms with Gasteiger partial charge in [-0.15, -0.1) is 11.3 Å². The van der Waals surface area contributed by atoms with E-state index < -0.39 is 11.9 Å². The van der Waals surface area contributed by atoms with Crippen LogP contribution in [0.15, 0.2) is 30.3 Å². The molecule has 1 aromatic heterocycles. The number of aliphatic hydroxyl groups is 1. The van der Waals surface area contributed by atoms with Crippen LogP contribution < -0.4 is 4.74 Å². The van der Waals surface area contributed by atoms with E-state index >= 15 is 0 Å². The van der Waals surface area contributed by atoms with Crippen molar-refractivity contribution in [3.63, 3.8) is 0 Å². The summed E-state index contributed by atoms with van der Waals surface area (Å²) in [5.41, 5.74) is 0.630. The number of hydrogen-bond acceptors (Lipinski definition) is 3. The number of rotatable bonds is 3. The standard InChI is InChI=1S/C13H13FO2S/c1-8-3-6-12(17-8)13(15)9-4-5-10(14)11(7-9)16-2/h3-7,13,15H,1-2H3. The molecule has 0 aliphatic rings. The number of benzene rings is 1. The molecule has 0 amide bonds. The first-order valence-electron chi connectivity index (χ1n) is 5.19. The Bertz CT molecular complexity index is 522. The van der Waals surface area contributed by atoms with E-state index in [1.54, 1.807) is 6.07 Å². The van der Waals surface area contributed by atoms with Crippen molar-refractivity contribution in [2.75, 3.05) is 7.11 Å². The lowest BCUT2D eigenvalue weighted by Crippen LogP contribution is -1.98. The zero-order valence-electron chi connectivity index (χ0n) is 9.61. The Labute approximate surface area is 103 Å². The van der Waals surface area contributed by atoms with Crippen LogP contribution in [-0.4, -0.2) is 12.2 Å². The zero-order chi connectivity index (χ0) is 12.4. The van der Waals surface area contributed by atoms with E-state index in [-0.39, 0.29) is 5.75 Å². The van der Waals surface area contributed by atoms with Crippen LogP contribution in [0.25, 0.3) is 0 Å². The predicted molar refractivity (Wildman–Crippen MR) is 66.1 cm³/mol. The number of halogens is 1. The molecule has 2 rings (SSSR count). The molecule has 0 spiro atoms. The molecule has 0 aliphatic heterocycles. The highest BCUT2D eigenvalue weighted by atomic mass is 32.1. The molecule has 1 N–H and O–H groups in total. The SMILES string of the molecule is COc1cc(C(O)c2ccc(C)s2)ccc1F. The summed E-state index contributed by atoms with van der Waals surface area (Å²) in [5, 5.41) is 10.1. The number of methoxy groups -OCH3 is 1. The molecule has 0 bridgehead atoms. The molecule has 0 radical (unpaired) electrons. The Kier molecular flexibility index (Phi) is 3.45. The molecule has 1 atom stereocenters. The van der Waals surface area contributed by atoms with E-state index in [0.717, 1.165) is 9.75 Å². The van der Waals surface area contributed by atoms with Gasteiger partial charge in [0.2, 0.25) is 0 Å². The van der Waals surface area contributed by atoms with Crippen molar-refractivity contribution in [3.8, 4) is 5.75 Å². The molecule has 4 heteroatoms. The van der Waals surface area contributed by atoms with Gasteiger partial charge in [0.1, 0.15) is 6.10 Å². The van der Waals surface area contributed by atoms with Gasteiger partial charge in [0.05, 0.1) is 7.11 Å². The highest BCUT2D eigenvalue weighted by Crippen LogP contribution is 2.30. The maximum atomic E-state index is 13.2. The number of hydrogen-bond donors (Lipinski definition) is 1. The Balaban J connectivity index is 2.34. The molecule has 2 aromatic rings. The average Bonchev–Trinajstić information content (AvgIpc) is 2.75. The second-order valence-corrected chi connectivity index (χ2v) is 5.06. The first-order valence-corrected chi connectivity index (χ1v) is 6.01. The van der Waals surface area contributed by atoms with Crippen LogP contribution in [0.1, 0.15) is 21.4 Å². The molecule has 0 saturated heterocycles. The number of aryl methyl sites for hydroxylation is 1. The highest BCUT2D eigenvalue weighted by molar-refractivity contribution is 7.12. The molecule has 2 nitrogen and oxygen atoms in total. The fourth-order valence-electron chi connectivity index (χ4n) is 1.61. The fraction of sp³-hybridized carbons (Fsp3) is 0.231. The van der Waals surface area contributed by atoms with Crippen LogP contribution in [0.5, 0.6) is 5.75 Å². The van der Waals surface area contributed by atoms with Crippen molar-refractivity contribution >= 4 is 11.3 Å². The third kappa shape index (κ3) is 2.48.